The van der Waals surface area contributed by atoms with Crippen LogP contribution in [-0.2, 0) is 15.9 Å². The predicted molar refractivity (Wildman–Crippen MR) is 218 cm³/mol. The number of benzene rings is 3. The number of ether oxygens (including phenoxy) is 2. The maximum Gasteiger partial charge on any atom is 0.173 e. The maximum atomic E-state index is 6.19. The summed E-state index contributed by atoms with van der Waals surface area (Å²) in [6, 6.07) is 31.6. The van der Waals surface area contributed by atoms with Crippen LogP contribution in [0.25, 0.3) is 0 Å². The van der Waals surface area contributed by atoms with Crippen LogP contribution < -0.4 is 15.9 Å². The van der Waals surface area contributed by atoms with Crippen molar-refractivity contribution in [2.45, 2.75) is 136 Å². The zero-order valence-electron chi connectivity index (χ0n) is 29.6. The molecule has 3 rings (SSSR count). The average Bonchev–Trinajstić information content (AvgIpc) is 3.12. The van der Waals surface area contributed by atoms with Crippen molar-refractivity contribution in [2.24, 2.45) is 0 Å². The van der Waals surface area contributed by atoms with Crippen molar-refractivity contribution in [1.29, 1.82) is 0 Å². The van der Waals surface area contributed by atoms with Crippen molar-refractivity contribution in [3.63, 3.8) is 0 Å². The zero-order valence-corrected chi connectivity index (χ0v) is 32.7. The predicted octanol–water partition coefficient (Wildman–Crippen LogP) is 12.5. The molecule has 0 bridgehead atoms. The summed E-state index contributed by atoms with van der Waals surface area (Å²) in [5.74, 6) is 0. The molecule has 0 atom stereocenters. The van der Waals surface area contributed by atoms with Crippen LogP contribution in [0, 0.1) is 0 Å². The van der Waals surface area contributed by atoms with Gasteiger partial charge >= 0.3 is 0 Å². The first kappa shape index (κ1) is 39.9. The first-order valence-electron chi connectivity index (χ1n) is 18.9. The number of allylic oxidation sites excluding steroid dienone is 2. The van der Waals surface area contributed by atoms with Gasteiger partial charge in [0.05, 0.1) is 0 Å². The Hall–Kier alpha value is -1.52. The van der Waals surface area contributed by atoms with Crippen LogP contribution in [0.5, 0.6) is 0 Å². The second-order valence-corrected chi connectivity index (χ2v) is 20.0. The van der Waals surface area contributed by atoms with E-state index >= 15 is 0 Å². The highest BCUT2D eigenvalue weighted by Crippen LogP contribution is 2.63. The number of unbranched alkanes of at least 4 members (excludes halogenated alkanes) is 12. The second kappa shape index (κ2) is 25.5. The molecule has 0 aliphatic carbocycles. The summed E-state index contributed by atoms with van der Waals surface area (Å²) in [6.45, 7) is 6.23. The number of aryl methyl sites for hydroxylation is 1. The summed E-state index contributed by atoms with van der Waals surface area (Å²) in [5.41, 5.74) is 1.44. The lowest BCUT2D eigenvalue weighted by atomic mass is 10.1. The van der Waals surface area contributed by atoms with Crippen LogP contribution in [0.4, 0.5) is 0 Å². The van der Waals surface area contributed by atoms with E-state index in [9.17, 15) is 0 Å². The Morgan fingerprint density at radius 1 is 0.532 bits per heavy atom. The van der Waals surface area contributed by atoms with Gasteiger partial charge in [-0.15, -0.1) is 0 Å². The lowest BCUT2D eigenvalue weighted by molar-refractivity contribution is -0.148. The molecule has 0 amide bonds. The van der Waals surface area contributed by atoms with E-state index in [0.29, 0.717) is 0 Å². The molecule has 0 N–H and O–H groups in total. The lowest BCUT2D eigenvalue weighted by Crippen LogP contribution is -2.26. The van der Waals surface area contributed by atoms with Crippen molar-refractivity contribution in [1.82, 2.24) is 0 Å². The minimum atomic E-state index is -1.68. The summed E-state index contributed by atoms with van der Waals surface area (Å²) in [6.07, 6.45) is 27.0. The Kier molecular flexibility index (Phi) is 21.6. The summed E-state index contributed by atoms with van der Waals surface area (Å²) in [7, 11) is 0. The molecule has 0 aromatic heterocycles. The van der Waals surface area contributed by atoms with Gasteiger partial charge in [0.1, 0.15) is 15.9 Å². The molecule has 0 spiro atoms. The largest absolute Gasteiger partial charge is 0.353 e. The molecule has 0 radical (unpaired) electrons. The molecule has 4 heteroatoms. The van der Waals surface area contributed by atoms with Gasteiger partial charge in [-0.05, 0) is 99.7 Å². The van der Waals surface area contributed by atoms with Crippen molar-refractivity contribution >= 4 is 42.9 Å². The molecule has 3 aromatic rings. The highest BCUT2D eigenvalue weighted by atomic mass is 127. The third-order valence-electron chi connectivity index (χ3n) is 8.93. The Morgan fingerprint density at radius 2 is 1.00 bits per heavy atom. The van der Waals surface area contributed by atoms with Crippen molar-refractivity contribution in [3.8, 4) is 0 Å². The zero-order chi connectivity index (χ0) is 33.3. The van der Waals surface area contributed by atoms with E-state index in [0.717, 1.165) is 45.3 Å². The van der Waals surface area contributed by atoms with E-state index in [2.05, 4.69) is 133 Å². The molecule has 47 heavy (non-hydrogen) atoms. The van der Waals surface area contributed by atoms with Crippen LogP contribution in [0.2, 0.25) is 0 Å². The Balaban J connectivity index is 1.33. The molecule has 3 aromatic carbocycles. The standard InChI is InChI=1S/C43H63IO2P/c1-3-5-7-15-25-37-45-43(46-38-26-16-8-6-4-2)32-24-14-12-10-9-11-13-19-27-39-33-35-42(36-34-39)47(44,40-28-20-17-21-29-40)41-30-22-18-23-31-41/h9,11,17-18,20-23,28-31,33-36,43H,3-8,10,12-16,19,24-27,32,37-38H2,1-2H3/q+1/b11-9-. The fraction of sp³-hybridized carbons (Fsp3) is 0.535. The summed E-state index contributed by atoms with van der Waals surface area (Å²) in [4.78, 5) is -1.68. The van der Waals surface area contributed by atoms with Gasteiger partial charge in [-0.2, -0.15) is 0 Å². The first-order valence-corrected chi connectivity index (χ1v) is 23.4. The van der Waals surface area contributed by atoms with Gasteiger partial charge < -0.3 is 9.47 Å². The van der Waals surface area contributed by atoms with E-state index in [1.807, 2.05) is 0 Å². The highest BCUT2D eigenvalue weighted by molar-refractivity contribution is 14.2. The number of hydrogen-bond acceptors (Lipinski definition) is 2. The summed E-state index contributed by atoms with van der Waals surface area (Å²) < 4.78 is 12.4. The van der Waals surface area contributed by atoms with Crippen LogP contribution in [0.3, 0.4) is 0 Å². The molecule has 0 aliphatic heterocycles. The molecule has 0 heterocycles. The van der Waals surface area contributed by atoms with Gasteiger partial charge in [0.2, 0.25) is 0 Å². The molecule has 0 fully saturated rings. The van der Waals surface area contributed by atoms with Gasteiger partial charge in [-0.25, -0.2) is 0 Å². The molecule has 2 nitrogen and oxygen atoms in total. The Morgan fingerprint density at radius 3 is 1.53 bits per heavy atom. The molecule has 258 valence electrons. The number of rotatable bonds is 27. The Labute approximate surface area is 302 Å². The third-order valence-corrected chi connectivity index (χ3v) is 17.0. The van der Waals surface area contributed by atoms with E-state index in [1.54, 1.807) is 0 Å². The minimum Gasteiger partial charge on any atom is -0.353 e. The van der Waals surface area contributed by atoms with Crippen LogP contribution >= 0.6 is 26.9 Å². The highest BCUT2D eigenvalue weighted by Gasteiger charge is 2.43. The van der Waals surface area contributed by atoms with Crippen molar-refractivity contribution in [3.05, 3.63) is 103 Å². The van der Waals surface area contributed by atoms with Crippen LogP contribution in [0.15, 0.2) is 97.1 Å². The van der Waals surface area contributed by atoms with Crippen molar-refractivity contribution < 1.29 is 9.47 Å². The van der Waals surface area contributed by atoms with Gasteiger partial charge in [0, 0.05) is 13.2 Å². The topological polar surface area (TPSA) is 18.5 Å². The molecule has 0 aliphatic rings. The first-order chi connectivity index (χ1) is 23.2. The van der Waals surface area contributed by atoms with E-state index < -0.39 is 4.90 Å². The summed E-state index contributed by atoms with van der Waals surface area (Å²) in [5, 5.41) is 4.29. The fourth-order valence-corrected chi connectivity index (χ4v) is 11.6. The average molecular weight is 770 g/mol. The molecular formula is C43H63IO2P+. The normalized spacial score (nSPS) is 12.0. The lowest BCUT2D eigenvalue weighted by Gasteiger charge is -2.20. The second-order valence-electron chi connectivity index (χ2n) is 12.9. The molecule has 0 saturated carbocycles. The number of hydrogen-bond donors (Lipinski definition) is 0. The van der Waals surface area contributed by atoms with E-state index in [4.69, 9.17) is 9.47 Å². The maximum absolute atomic E-state index is 6.19. The van der Waals surface area contributed by atoms with E-state index in [-0.39, 0.29) is 6.29 Å². The quantitative estimate of drug-likeness (QED) is 0.0253. The van der Waals surface area contributed by atoms with Gasteiger partial charge in [0.25, 0.3) is 0 Å². The minimum absolute atomic E-state index is 0.0104. The Bertz CT molecular complexity index is 1130. The third kappa shape index (κ3) is 15.7. The van der Waals surface area contributed by atoms with Crippen LogP contribution in [0.1, 0.15) is 129 Å². The van der Waals surface area contributed by atoms with Crippen molar-refractivity contribution in [2.75, 3.05) is 13.2 Å². The van der Waals surface area contributed by atoms with Crippen LogP contribution in [-0.4, -0.2) is 19.5 Å². The van der Waals surface area contributed by atoms with Gasteiger partial charge in [0.15, 0.2) is 33.2 Å². The fourth-order valence-electron chi connectivity index (χ4n) is 6.05. The van der Waals surface area contributed by atoms with Gasteiger partial charge in [-0.3, -0.25) is 0 Å². The van der Waals surface area contributed by atoms with E-state index in [1.165, 1.54) is 105 Å². The molecule has 0 saturated heterocycles. The smallest absolute Gasteiger partial charge is 0.173 e. The monoisotopic (exact) mass is 769 g/mol. The number of halogens is 1. The SMILES string of the molecule is CCCCCCCOC(CCCCC/C=C\CCCc1ccc([P+](I)(c2ccccc2)c2ccccc2)cc1)OCCCCCCC. The van der Waals surface area contributed by atoms with Gasteiger partial charge in [-0.1, -0.05) is 132 Å². The summed E-state index contributed by atoms with van der Waals surface area (Å²) >= 11 is 2.75. The molecular weight excluding hydrogens is 706 g/mol. The molecule has 0 unspecified atom stereocenters.